The van der Waals surface area contributed by atoms with Crippen molar-refractivity contribution in [3.63, 3.8) is 0 Å². The van der Waals surface area contributed by atoms with Crippen LogP contribution in [0, 0.1) is 5.82 Å². The van der Waals surface area contributed by atoms with E-state index < -0.39 is 23.2 Å². The van der Waals surface area contributed by atoms with Crippen molar-refractivity contribution in [2.75, 3.05) is 22.1 Å². The van der Waals surface area contributed by atoms with E-state index in [0.717, 1.165) is 11.8 Å². The van der Waals surface area contributed by atoms with Crippen LogP contribution in [0.4, 0.5) is 21.6 Å². The molecule has 1 aromatic heterocycles. The van der Waals surface area contributed by atoms with Gasteiger partial charge in [0.25, 0.3) is 11.5 Å². The minimum absolute atomic E-state index is 0.0537. The summed E-state index contributed by atoms with van der Waals surface area (Å²) in [5, 5.41) is 4.94. The molecule has 0 atom stereocenters. The quantitative estimate of drug-likeness (QED) is 0.363. The number of nitrogens with zero attached hydrogens (tertiary/aromatic N) is 1. The van der Waals surface area contributed by atoms with Gasteiger partial charge in [-0.25, -0.2) is 9.37 Å². The summed E-state index contributed by atoms with van der Waals surface area (Å²) in [4.78, 5) is 42.9. The maximum Gasteiger partial charge on any atom is 0.277 e. The molecule has 0 aliphatic heterocycles. The highest BCUT2D eigenvalue weighted by molar-refractivity contribution is 7.99. The number of para-hydroxylation sites is 1. The van der Waals surface area contributed by atoms with Crippen LogP contribution in [0.15, 0.2) is 64.5 Å². The summed E-state index contributed by atoms with van der Waals surface area (Å²) < 4.78 is 13.6. The molecule has 2 aromatic carbocycles. The Morgan fingerprint density at radius 3 is 2.45 bits per heavy atom. The molecule has 0 aliphatic rings. The molecule has 0 unspecified atom stereocenters. The lowest BCUT2D eigenvalue weighted by molar-refractivity contribution is -0.113. The summed E-state index contributed by atoms with van der Waals surface area (Å²) in [7, 11) is 0. The van der Waals surface area contributed by atoms with Crippen LogP contribution in [-0.2, 0) is 4.79 Å². The number of nitrogens with one attached hydrogen (secondary N) is 3. The van der Waals surface area contributed by atoms with Gasteiger partial charge in [0.1, 0.15) is 11.5 Å². The molecule has 29 heavy (non-hydrogen) atoms. The minimum Gasteiger partial charge on any atom is -0.382 e. The largest absolute Gasteiger partial charge is 0.382 e. The van der Waals surface area contributed by atoms with Crippen LogP contribution in [-0.4, -0.2) is 27.5 Å². The molecule has 0 radical (unpaired) electrons. The Hall–Kier alpha value is -3.66. The summed E-state index contributed by atoms with van der Waals surface area (Å²) in [6, 6.07) is 14.1. The maximum absolute atomic E-state index is 13.6. The lowest BCUT2D eigenvalue weighted by Crippen LogP contribution is -2.23. The third-order valence-electron chi connectivity index (χ3n) is 3.69. The van der Waals surface area contributed by atoms with E-state index in [4.69, 9.17) is 5.73 Å². The number of aromatic nitrogens is 2. The van der Waals surface area contributed by atoms with Gasteiger partial charge in [0.2, 0.25) is 5.91 Å². The van der Waals surface area contributed by atoms with Crippen LogP contribution in [0.2, 0.25) is 0 Å². The Morgan fingerprint density at radius 1 is 1.07 bits per heavy atom. The number of nitrogens with two attached hydrogens (primary N) is 1. The molecular weight excluding hydrogens is 397 g/mol. The molecule has 0 aliphatic carbocycles. The van der Waals surface area contributed by atoms with E-state index in [1.807, 2.05) is 0 Å². The average Bonchev–Trinajstić information content (AvgIpc) is 2.71. The number of benzene rings is 2. The summed E-state index contributed by atoms with van der Waals surface area (Å²) in [5.41, 5.74) is 5.36. The van der Waals surface area contributed by atoms with Crippen LogP contribution in [0.5, 0.6) is 0 Å². The zero-order valence-electron chi connectivity index (χ0n) is 14.9. The summed E-state index contributed by atoms with van der Waals surface area (Å²) >= 11 is 0.912. The molecule has 2 amide bonds. The molecule has 0 saturated carbocycles. The zero-order chi connectivity index (χ0) is 20.8. The second-order valence-corrected chi connectivity index (χ2v) is 6.73. The third-order valence-corrected chi connectivity index (χ3v) is 4.56. The number of rotatable bonds is 6. The number of thioether (sulfide) groups is 1. The predicted molar refractivity (Wildman–Crippen MR) is 109 cm³/mol. The summed E-state index contributed by atoms with van der Waals surface area (Å²) in [5.74, 6) is -1.86. The first-order chi connectivity index (χ1) is 13.9. The van der Waals surface area contributed by atoms with Crippen LogP contribution in [0.1, 0.15) is 10.4 Å². The van der Waals surface area contributed by atoms with Crippen LogP contribution in [0.25, 0.3) is 0 Å². The Bertz CT molecular complexity index is 1100. The summed E-state index contributed by atoms with van der Waals surface area (Å²) in [6.07, 6.45) is 0. The van der Waals surface area contributed by atoms with Gasteiger partial charge in [-0.15, -0.1) is 0 Å². The molecule has 8 nitrogen and oxygen atoms in total. The number of hydrogen-bond acceptors (Lipinski definition) is 6. The van der Waals surface area contributed by atoms with Gasteiger partial charge < -0.3 is 16.4 Å². The van der Waals surface area contributed by atoms with Crippen molar-refractivity contribution in [1.29, 1.82) is 0 Å². The third kappa shape index (κ3) is 5.20. The molecule has 3 aromatic rings. The monoisotopic (exact) mass is 413 g/mol. The Kier molecular flexibility index (Phi) is 6.25. The number of carbonyl (C=O) groups is 2. The van der Waals surface area contributed by atoms with E-state index in [-0.39, 0.29) is 28.1 Å². The Balaban J connectivity index is 1.64. The van der Waals surface area contributed by atoms with Crippen molar-refractivity contribution in [2.24, 2.45) is 0 Å². The normalized spacial score (nSPS) is 10.4. The van der Waals surface area contributed by atoms with Crippen molar-refractivity contribution in [1.82, 2.24) is 9.97 Å². The number of aromatic amines is 1. The SMILES string of the molecule is Nc1nc(SCC(=O)Nc2ccccc2F)[nH]c(=O)c1NC(=O)c1ccccc1. The van der Waals surface area contributed by atoms with Crippen molar-refractivity contribution in [2.45, 2.75) is 5.16 Å². The molecule has 10 heteroatoms. The van der Waals surface area contributed by atoms with E-state index in [0.29, 0.717) is 5.56 Å². The van der Waals surface area contributed by atoms with E-state index in [1.54, 1.807) is 36.4 Å². The number of halogens is 1. The number of carbonyl (C=O) groups excluding carboxylic acids is 2. The highest BCUT2D eigenvalue weighted by Gasteiger charge is 2.15. The predicted octanol–water partition coefficient (Wildman–Crippen LogP) is 2.47. The molecule has 3 rings (SSSR count). The molecule has 0 fully saturated rings. The van der Waals surface area contributed by atoms with Gasteiger partial charge in [-0.05, 0) is 24.3 Å². The second-order valence-electron chi connectivity index (χ2n) is 5.77. The maximum atomic E-state index is 13.6. The van der Waals surface area contributed by atoms with Gasteiger partial charge in [-0.1, -0.05) is 42.1 Å². The first-order valence-corrected chi connectivity index (χ1v) is 9.36. The molecule has 148 valence electrons. The lowest BCUT2D eigenvalue weighted by atomic mass is 10.2. The topological polar surface area (TPSA) is 130 Å². The highest BCUT2D eigenvalue weighted by atomic mass is 32.2. The van der Waals surface area contributed by atoms with Crippen molar-refractivity contribution < 1.29 is 14.0 Å². The van der Waals surface area contributed by atoms with Gasteiger partial charge in [0.05, 0.1) is 11.4 Å². The zero-order valence-corrected chi connectivity index (χ0v) is 15.8. The minimum atomic E-state index is -0.654. The van der Waals surface area contributed by atoms with Crippen molar-refractivity contribution in [3.05, 3.63) is 76.3 Å². The van der Waals surface area contributed by atoms with E-state index >= 15 is 0 Å². The van der Waals surface area contributed by atoms with Gasteiger partial charge in [0.15, 0.2) is 11.0 Å². The van der Waals surface area contributed by atoms with Gasteiger partial charge in [-0.3, -0.25) is 19.4 Å². The van der Waals surface area contributed by atoms with Gasteiger partial charge in [0, 0.05) is 5.56 Å². The fourth-order valence-corrected chi connectivity index (χ4v) is 2.98. The number of H-pyrrole nitrogens is 1. The second kappa shape index (κ2) is 9.02. The number of anilines is 3. The van der Waals surface area contributed by atoms with Crippen LogP contribution >= 0.6 is 11.8 Å². The lowest BCUT2D eigenvalue weighted by Gasteiger charge is -2.09. The standard InChI is InChI=1S/C19H16FN5O3S/c20-12-8-4-5-9-13(12)22-14(26)10-29-19-24-16(21)15(18(28)25-19)23-17(27)11-6-2-1-3-7-11/h1-9H,10H2,(H,22,26)(H,23,27)(H3,21,24,25,28). The summed E-state index contributed by atoms with van der Waals surface area (Å²) in [6.45, 7) is 0. The average molecular weight is 413 g/mol. The first kappa shape index (κ1) is 20.1. The van der Waals surface area contributed by atoms with Gasteiger partial charge in [-0.2, -0.15) is 0 Å². The molecule has 0 saturated heterocycles. The van der Waals surface area contributed by atoms with E-state index in [1.165, 1.54) is 18.2 Å². The number of hydrogen-bond donors (Lipinski definition) is 4. The van der Waals surface area contributed by atoms with Crippen LogP contribution < -0.4 is 21.9 Å². The van der Waals surface area contributed by atoms with Crippen molar-refractivity contribution >= 4 is 40.8 Å². The fourth-order valence-electron chi connectivity index (χ4n) is 2.32. The first-order valence-electron chi connectivity index (χ1n) is 8.37. The molecule has 0 bridgehead atoms. The fraction of sp³-hybridized carbons (Fsp3) is 0.0526. The van der Waals surface area contributed by atoms with E-state index in [9.17, 15) is 18.8 Å². The molecule has 1 heterocycles. The molecule has 0 spiro atoms. The van der Waals surface area contributed by atoms with Crippen LogP contribution in [0.3, 0.4) is 0 Å². The highest BCUT2D eigenvalue weighted by Crippen LogP contribution is 2.18. The van der Waals surface area contributed by atoms with Crippen molar-refractivity contribution in [3.8, 4) is 0 Å². The molecule has 5 N–H and O–H groups in total. The van der Waals surface area contributed by atoms with Gasteiger partial charge >= 0.3 is 0 Å². The number of amides is 2. The Labute approximate surface area is 168 Å². The Morgan fingerprint density at radius 2 is 1.76 bits per heavy atom. The number of nitrogen functional groups attached to an aromatic ring is 1. The smallest absolute Gasteiger partial charge is 0.277 e. The van der Waals surface area contributed by atoms with E-state index in [2.05, 4.69) is 20.6 Å². The molecular formula is C19H16FN5O3S.